The van der Waals surface area contributed by atoms with E-state index >= 15 is 0 Å². The number of piperazine rings is 1. The molecule has 1 atom stereocenters. The van der Waals surface area contributed by atoms with Gasteiger partial charge in [-0.25, -0.2) is 0 Å². The van der Waals surface area contributed by atoms with E-state index in [0.29, 0.717) is 19.3 Å². The van der Waals surface area contributed by atoms with Crippen molar-refractivity contribution >= 4 is 0 Å². The topological polar surface area (TPSA) is 33.7 Å². The molecule has 112 valence electrons. The van der Waals surface area contributed by atoms with Crippen LogP contribution in [0.2, 0.25) is 0 Å². The molecule has 1 unspecified atom stereocenters. The van der Waals surface area contributed by atoms with E-state index in [2.05, 4.69) is 40.5 Å². The number of hydrogen-bond donors (Lipinski definition) is 1. The van der Waals surface area contributed by atoms with Gasteiger partial charge in [-0.15, -0.1) is 0 Å². The van der Waals surface area contributed by atoms with Gasteiger partial charge in [0.25, 0.3) is 0 Å². The van der Waals surface area contributed by atoms with Crippen LogP contribution in [0.3, 0.4) is 0 Å². The molecule has 0 bridgehead atoms. The predicted molar refractivity (Wildman–Crippen MR) is 80.9 cm³/mol. The summed E-state index contributed by atoms with van der Waals surface area (Å²) in [6, 6.07) is 11.3. The van der Waals surface area contributed by atoms with Gasteiger partial charge in [-0.1, -0.05) is 30.3 Å². The molecule has 1 saturated heterocycles. The van der Waals surface area contributed by atoms with Crippen molar-refractivity contribution in [2.75, 3.05) is 53.1 Å². The van der Waals surface area contributed by atoms with Crippen molar-refractivity contribution in [2.45, 2.75) is 12.5 Å². The average molecular weight is 278 g/mol. The van der Waals surface area contributed by atoms with E-state index in [1.165, 1.54) is 5.56 Å². The van der Waals surface area contributed by atoms with Crippen molar-refractivity contribution in [3.63, 3.8) is 0 Å². The van der Waals surface area contributed by atoms with Crippen LogP contribution in [0.15, 0.2) is 30.3 Å². The number of ether oxygens (including phenoxy) is 2. The SMILES string of the molecule is COCCOCCCN1CCNCC1c1ccccc1. The molecule has 1 heterocycles. The molecule has 2 rings (SSSR count). The zero-order chi connectivity index (χ0) is 14.0. The molecule has 0 radical (unpaired) electrons. The van der Waals surface area contributed by atoms with Crippen molar-refractivity contribution in [1.29, 1.82) is 0 Å². The van der Waals surface area contributed by atoms with Gasteiger partial charge in [0.05, 0.1) is 13.2 Å². The standard InChI is InChI=1S/C16H26N2O2/c1-19-12-13-20-11-5-9-18-10-8-17-14-16(18)15-6-3-2-4-7-15/h2-4,6-7,16-17H,5,8-14H2,1H3. The van der Waals surface area contributed by atoms with E-state index in [0.717, 1.165) is 39.2 Å². The molecule has 1 aromatic rings. The summed E-state index contributed by atoms with van der Waals surface area (Å²) < 4.78 is 10.5. The van der Waals surface area contributed by atoms with Gasteiger partial charge in [0, 0.05) is 45.9 Å². The number of benzene rings is 1. The largest absolute Gasteiger partial charge is 0.382 e. The Morgan fingerprint density at radius 3 is 2.85 bits per heavy atom. The predicted octanol–water partition coefficient (Wildman–Crippen LogP) is 1.69. The van der Waals surface area contributed by atoms with Gasteiger partial charge in [-0.2, -0.15) is 0 Å². The van der Waals surface area contributed by atoms with Gasteiger partial charge in [0.15, 0.2) is 0 Å². The molecule has 0 amide bonds. The summed E-state index contributed by atoms with van der Waals surface area (Å²) in [4.78, 5) is 2.56. The molecular weight excluding hydrogens is 252 g/mol. The maximum Gasteiger partial charge on any atom is 0.0700 e. The lowest BCUT2D eigenvalue weighted by atomic mass is 10.0. The van der Waals surface area contributed by atoms with Gasteiger partial charge >= 0.3 is 0 Å². The summed E-state index contributed by atoms with van der Waals surface area (Å²) in [6.45, 7) is 6.50. The number of hydrogen-bond acceptors (Lipinski definition) is 4. The third-order valence-electron chi connectivity index (χ3n) is 3.70. The normalized spacial score (nSPS) is 20.1. The zero-order valence-corrected chi connectivity index (χ0v) is 12.4. The third kappa shape index (κ3) is 4.87. The second kappa shape index (κ2) is 9.08. The van der Waals surface area contributed by atoms with Gasteiger partial charge in [-0.05, 0) is 12.0 Å². The first-order valence-corrected chi connectivity index (χ1v) is 7.48. The van der Waals surface area contributed by atoms with Crippen LogP contribution in [-0.4, -0.2) is 58.0 Å². The molecule has 0 aliphatic carbocycles. The average Bonchev–Trinajstić information content (AvgIpc) is 2.52. The maximum absolute atomic E-state index is 5.54. The van der Waals surface area contributed by atoms with Crippen LogP contribution in [0.5, 0.6) is 0 Å². The Balaban J connectivity index is 1.76. The van der Waals surface area contributed by atoms with Gasteiger partial charge in [0.2, 0.25) is 0 Å². The first-order valence-electron chi connectivity index (χ1n) is 7.48. The fourth-order valence-corrected chi connectivity index (χ4v) is 2.63. The minimum absolute atomic E-state index is 0.490. The smallest absolute Gasteiger partial charge is 0.0700 e. The van der Waals surface area contributed by atoms with E-state index in [1.807, 2.05) is 0 Å². The molecule has 1 fully saturated rings. The Kier molecular flexibility index (Phi) is 7.01. The fourth-order valence-electron chi connectivity index (χ4n) is 2.63. The highest BCUT2D eigenvalue weighted by molar-refractivity contribution is 5.20. The highest BCUT2D eigenvalue weighted by Crippen LogP contribution is 2.21. The third-order valence-corrected chi connectivity index (χ3v) is 3.70. The molecule has 0 spiro atoms. The summed E-state index contributed by atoms with van der Waals surface area (Å²) in [6.07, 6.45) is 1.08. The number of methoxy groups -OCH3 is 1. The summed E-state index contributed by atoms with van der Waals surface area (Å²) in [5, 5.41) is 3.49. The molecule has 4 nitrogen and oxygen atoms in total. The maximum atomic E-state index is 5.54. The molecule has 20 heavy (non-hydrogen) atoms. The zero-order valence-electron chi connectivity index (χ0n) is 12.4. The summed E-state index contributed by atoms with van der Waals surface area (Å²) >= 11 is 0. The van der Waals surface area contributed by atoms with Crippen LogP contribution in [0, 0.1) is 0 Å². The lowest BCUT2D eigenvalue weighted by Gasteiger charge is -2.36. The van der Waals surface area contributed by atoms with Crippen molar-refractivity contribution in [3.05, 3.63) is 35.9 Å². The van der Waals surface area contributed by atoms with Crippen LogP contribution in [0.4, 0.5) is 0 Å². The van der Waals surface area contributed by atoms with Crippen LogP contribution in [-0.2, 0) is 9.47 Å². The lowest BCUT2D eigenvalue weighted by molar-refractivity contribution is 0.0605. The second-order valence-corrected chi connectivity index (χ2v) is 5.13. The minimum Gasteiger partial charge on any atom is -0.382 e. The van der Waals surface area contributed by atoms with Gasteiger partial charge in [0.1, 0.15) is 0 Å². The van der Waals surface area contributed by atoms with Crippen molar-refractivity contribution in [1.82, 2.24) is 10.2 Å². The summed E-state index contributed by atoms with van der Waals surface area (Å²) in [7, 11) is 1.70. The summed E-state index contributed by atoms with van der Waals surface area (Å²) in [5.74, 6) is 0. The van der Waals surface area contributed by atoms with E-state index in [-0.39, 0.29) is 0 Å². The number of nitrogens with one attached hydrogen (secondary N) is 1. The Bertz CT molecular complexity index is 359. The van der Waals surface area contributed by atoms with E-state index in [4.69, 9.17) is 9.47 Å². The van der Waals surface area contributed by atoms with Gasteiger partial charge < -0.3 is 14.8 Å². The highest BCUT2D eigenvalue weighted by Gasteiger charge is 2.22. The Morgan fingerprint density at radius 2 is 2.05 bits per heavy atom. The lowest BCUT2D eigenvalue weighted by Crippen LogP contribution is -2.46. The molecule has 1 aliphatic heterocycles. The molecule has 1 aromatic carbocycles. The van der Waals surface area contributed by atoms with Crippen molar-refractivity contribution in [2.24, 2.45) is 0 Å². The Morgan fingerprint density at radius 1 is 1.20 bits per heavy atom. The minimum atomic E-state index is 0.490. The molecule has 0 saturated carbocycles. The first kappa shape index (κ1) is 15.4. The monoisotopic (exact) mass is 278 g/mol. The van der Waals surface area contributed by atoms with E-state index in [1.54, 1.807) is 7.11 Å². The second-order valence-electron chi connectivity index (χ2n) is 5.13. The Hall–Kier alpha value is -0.940. The molecule has 4 heteroatoms. The van der Waals surface area contributed by atoms with Crippen LogP contribution < -0.4 is 5.32 Å². The first-order chi connectivity index (χ1) is 9.92. The molecule has 1 aliphatic rings. The fraction of sp³-hybridized carbons (Fsp3) is 0.625. The van der Waals surface area contributed by atoms with Crippen LogP contribution >= 0.6 is 0 Å². The van der Waals surface area contributed by atoms with Crippen LogP contribution in [0.1, 0.15) is 18.0 Å². The van der Waals surface area contributed by atoms with Gasteiger partial charge in [-0.3, -0.25) is 4.90 Å². The highest BCUT2D eigenvalue weighted by atomic mass is 16.5. The molecule has 1 N–H and O–H groups in total. The molecule has 0 aromatic heterocycles. The number of nitrogens with zero attached hydrogens (tertiary/aromatic N) is 1. The van der Waals surface area contributed by atoms with E-state index < -0.39 is 0 Å². The Labute approximate surface area is 122 Å². The summed E-state index contributed by atoms with van der Waals surface area (Å²) in [5.41, 5.74) is 1.40. The number of rotatable bonds is 8. The van der Waals surface area contributed by atoms with Crippen molar-refractivity contribution in [3.8, 4) is 0 Å². The molecular formula is C16H26N2O2. The van der Waals surface area contributed by atoms with Crippen molar-refractivity contribution < 1.29 is 9.47 Å². The van der Waals surface area contributed by atoms with Crippen LogP contribution in [0.25, 0.3) is 0 Å². The quantitative estimate of drug-likeness (QED) is 0.734. The van der Waals surface area contributed by atoms with E-state index in [9.17, 15) is 0 Å².